The van der Waals surface area contributed by atoms with Gasteiger partial charge in [-0.3, -0.25) is 0 Å². The van der Waals surface area contributed by atoms with E-state index >= 15 is 0 Å². The number of carboxylic acids is 1. The third kappa shape index (κ3) is 9.39. The lowest BCUT2D eigenvalue weighted by Crippen LogP contribution is -2.22. The molecule has 4 heteroatoms. The van der Waals surface area contributed by atoms with E-state index < -0.39 is 5.97 Å². The molecule has 0 bridgehead atoms. The second-order valence-corrected chi connectivity index (χ2v) is 3.41. The molecule has 0 saturated heterocycles. The van der Waals surface area contributed by atoms with Gasteiger partial charge in [0.05, 0.1) is 18.8 Å². The summed E-state index contributed by atoms with van der Waals surface area (Å²) in [6.07, 6.45) is 0. The van der Waals surface area contributed by atoms with Crippen molar-refractivity contribution in [2.75, 3.05) is 19.8 Å². The van der Waals surface area contributed by atoms with Gasteiger partial charge in [-0.05, 0) is 20.8 Å². The first-order valence-corrected chi connectivity index (χ1v) is 3.85. The Hall–Kier alpha value is -0.610. The molecule has 0 aromatic carbocycles. The van der Waals surface area contributed by atoms with E-state index in [1.165, 1.54) is 0 Å². The summed E-state index contributed by atoms with van der Waals surface area (Å²) in [5.74, 6) is -0.953. The van der Waals surface area contributed by atoms with Gasteiger partial charge in [-0.15, -0.1) is 0 Å². The van der Waals surface area contributed by atoms with Crippen molar-refractivity contribution >= 4 is 5.97 Å². The molecular formula is C8H16O4. The molecule has 0 aliphatic carbocycles. The molecule has 0 fully saturated rings. The highest BCUT2D eigenvalue weighted by molar-refractivity contribution is 5.67. The Morgan fingerprint density at radius 3 is 2.33 bits per heavy atom. The monoisotopic (exact) mass is 176 g/mol. The average Bonchev–Trinajstić information content (AvgIpc) is 1.83. The van der Waals surface area contributed by atoms with Crippen molar-refractivity contribution in [2.45, 2.75) is 26.4 Å². The highest BCUT2D eigenvalue weighted by Gasteiger charge is 2.08. The van der Waals surface area contributed by atoms with Gasteiger partial charge in [0.25, 0.3) is 0 Å². The second kappa shape index (κ2) is 5.11. The van der Waals surface area contributed by atoms with Crippen LogP contribution in [0.2, 0.25) is 0 Å². The number of ether oxygens (including phenoxy) is 2. The number of hydrogen-bond donors (Lipinski definition) is 1. The Kier molecular flexibility index (Phi) is 4.85. The average molecular weight is 176 g/mol. The summed E-state index contributed by atoms with van der Waals surface area (Å²) in [4.78, 5) is 9.99. The SMILES string of the molecule is CC(C)(C)OCCOCC(=O)O. The van der Waals surface area contributed by atoms with Gasteiger partial charge < -0.3 is 14.6 Å². The third-order valence-electron chi connectivity index (χ3n) is 0.988. The zero-order chi connectivity index (χ0) is 9.61. The van der Waals surface area contributed by atoms with Gasteiger partial charge in [0.1, 0.15) is 6.61 Å². The van der Waals surface area contributed by atoms with Crippen molar-refractivity contribution in [3.63, 3.8) is 0 Å². The summed E-state index contributed by atoms with van der Waals surface area (Å²) in [5, 5.41) is 8.21. The van der Waals surface area contributed by atoms with Gasteiger partial charge in [0.15, 0.2) is 0 Å². The number of rotatable bonds is 5. The van der Waals surface area contributed by atoms with Gasteiger partial charge >= 0.3 is 5.97 Å². The first kappa shape index (κ1) is 11.4. The van der Waals surface area contributed by atoms with E-state index in [1.807, 2.05) is 20.8 Å². The summed E-state index contributed by atoms with van der Waals surface area (Å²) in [7, 11) is 0. The van der Waals surface area contributed by atoms with Gasteiger partial charge in [0, 0.05) is 0 Å². The van der Waals surface area contributed by atoms with E-state index in [-0.39, 0.29) is 12.2 Å². The molecule has 0 aliphatic heterocycles. The van der Waals surface area contributed by atoms with E-state index in [0.717, 1.165) is 0 Å². The lowest BCUT2D eigenvalue weighted by atomic mass is 10.2. The van der Waals surface area contributed by atoms with Crippen molar-refractivity contribution in [2.24, 2.45) is 0 Å². The van der Waals surface area contributed by atoms with E-state index in [0.29, 0.717) is 13.2 Å². The van der Waals surface area contributed by atoms with E-state index in [4.69, 9.17) is 14.6 Å². The molecule has 0 heterocycles. The summed E-state index contributed by atoms with van der Waals surface area (Å²) < 4.78 is 10.1. The topological polar surface area (TPSA) is 55.8 Å². The fraction of sp³-hybridized carbons (Fsp3) is 0.875. The molecule has 12 heavy (non-hydrogen) atoms. The van der Waals surface area contributed by atoms with Crippen LogP contribution < -0.4 is 0 Å². The Bertz CT molecular complexity index is 136. The van der Waals surface area contributed by atoms with E-state index in [9.17, 15) is 4.79 Å². The molecule has 0 rings (SSSR count). The quantitative estimate of drug-likeness (QED) is 0.632. The van der Waals surface area contributed by atoms with Crippen molar-refractivity contribution in [1.82, 2.24) is 0 Å². The van der Waals surface area contributed by atoms with Gasteiger partial charge in [-0.1, -0.05) is 0 Å². The smallest absolute Gasteiger partial charge is 0.329 e. The molecular weight excluding hydrogens is 160 g/mol. The van der Waals surface area contributed by atoms with Crippen LogP contribution in [0.25, 0.3) is 0 Å². The molecule has 0 atom stereocenters. The van der Waals surface area contributed by atoms with Crippen LogP contribution in [0.15, 0.2) is 0 Å². The minimum atomic E-state index is -0.953. The minimum absolute atomic E-state index is 0.188. The van der Waals surface area contributed by atoms with Crippen molar-refractivity contribution in [3.8, 4) is 0 Å². The molecule has 72 valence electrons. The Balaban J connectivity index is 3.17. The molecule has 0 radical (unpaired) electrons. The molecule has 0 aromatic heterocycles. The first-order chi connectivity index (χ1) is 5.42. The number of carboxylic acid groups (broad SMARTS) is 1. The normalized spacial score (nSPS) is 11.6. The molecule has 0 aromatic rings. The zero-order valence-corrected chi connectivity index (χ0v) is 7.79. The number of aliphatic carboxylic acids is 1. The van der Waals surface area contributed by atoms with Crippen LogP contribution in [0.5, 0.6) is 0 Å². The molecule has 0 spiro atoms. The molecule has 4 nitrogen and oxygen atoms in total. The predicted octanol–water partition coefficient (Wildman–Crippen LogP) is 0.903. The minimum Gasteiger partial charge on any atom is -0.480 e. The van der Waals surface area contributed by atoms with Crippen molar-refractivity contribution in [1.29, 1.82) is 0 Å². The van der Waals surface area contributed by atoms with Crippen LogP contribution in [-0.4, -0.2) is 36.5 Å². The standard InChI is InChI=1S/C8H16O4/c1-8(2,3)12-5-4-11-6-7(9)10/h4-6H2,1-3H3,(H,9,10). The highest BCUT2D eigenvalue weighted by Crippen LogP contribution is 2.05. The Morgan fingerprint density at radius 1 is 1.33 bits per heavy atom. The molecule has 0 aliphatic rings. The lowest BCUT2D eigenvalue weighted by Gasteiger charge is -2.18. The zero-order valence-electron chi connectivity index (χ0n) is 7.79. The fourth-order valence-corrected chi connectivity index (χ4v) is 0.566. The largest absolute Gasteiger partial charge is 0.480 e. The van der Waals surface area contributed by atoms with Crippen LogP contribution in [0.3, 0.4) is 0 Å². The first-order valence-electron chi connectivity index (χ1n) is 3.85. The molecule has 0 unspecified atom stereocenters. The summed E-state index contributed by atoms with van der Waals surface area (Å²) in [6.45, 7) is 6.30. The van der Waals surface area contributed by atoms with E-state index in [1.54, 1.807) is 0 Å². The van der Waals surface area contributed by atoms with Gasteiger partial charge in [-0.2, -0.15) is 0 Å². The molecule has 1 N–H and O–H groups in total. The summed E-state index contributed by atoms with van der Waals surface area (Å²) in [5.41, 5.74) is -0.188. The van der Waals surface area contributed by atoms with Gasteiger partial charge in [-0.25, -0.2) is 4.79 Å². The maximum atomic E-state index is 9.99. The summed E-state index contributed by atoms with van der Waals surface area (Å²) in [6, 6.07) is 0. The lowest BCUT2D eigenvalue weighted by molar-refractivity contribution is -0.143. The van der Waals surface area contributed by atoms with E-state index in [2.05, 4.69) is 0 Å². The third-order valence-corrected chi connectivity index (χ3v) is 0.988. The van der Waals surface area contributed by atoms with Crippen molar-refractivity contribution < 1.29 is 19.4 Å². The van der Waals surface area contributed by atoms with Crippen LogP contribution in [0, 0.1) is 0 Å². The van der Waals surface area contributed by atoms with Crippen LogP contribution in [0.1, 0.15) is 20.8 Å². The maximum absolute atomic E-state index is 9.99. The van der Waals surface area contributed by atoms with Crippen LogP contribution in [-0.2, 0) is 14.3 Å². The Labute approximate surface area is 72.5 Å². The fourth-order valence-electron chi connectivity index (χ4n) is 0.566. The maximum Gasteiger partial charge on any atom is 0.329 e. The van der Waals surface area contributed by atoms with Crippen LogP contribution >= 0.6 is 0 Å². The predicted molar refractivity (Wildman–Crippen MR) is 44.2 cm³/mol. The van der Waals surface area contributed by atoms with Crippen molar-refractivity contribution in [3.05, 3.63) is 0 Å². The molecule has 0 amide bonds. The highest BCUT2D eigenvalue weighted by atomic mass is 16.5. The van der Waals surface area contributed by atoms with Gasteiger partial charge in [0.2, 0.25) is 0 Å². The number of hydrogen-bond acceptors (Lipinski definition) is 3. The van der Waals surface area contributed by atoms with Crippen LogP contribution in [0.4, 0.5) is 0 Å². The number of carbonyl (C=O) groups is 1. The Morgan fingerprint density at radius 2 is 1.92 bits per heavy atom. The summed E-state index contributed by atoms with van der Waals surface area (Å²) >= 11 is 0. The second-order valence-electron chi connectivity index (χ2n) is 3.41. The molecule has 0 saturated carbocycles.